The summed E-state index contributed by atoms with van der Waals surface area (Å²) in [4.78, 5) is 10.8. The highest BCUT2D eigenvalue weighted by atomic mass is 19.1. The van der Waals surface area contributed by atoms with Gasteiger partial charge >= 0.3 is 0 Å². The smallest absolute Gasteiger partial charge is 0.216 e. The van der Waals surface area contributed by atoms with Crippen LogP contribution in [-0.4, -0.2) is 23.6 Å². The van der Waals surface area contributed by atoms with Crippen LogP contribution in [0.25, 0.3) is 28.1 Å². The molecule has 0 unspecified atom stereocenters. The van der Waals surface area contributed by atoms with Gasteiger partial charge in [-0.05, 0) is 70.9 Å². The molecule has 1 heterocycles. The largest absolute Gasteiger partial charge is 0.496 e. The molecule has 1 aromatic heterocycles. The Bertz CT molecular complexity index is 1400. The van der Waals surface area contributed by atoms with Gasteiger partial charge in [-0.1, -0.05) is 61.0 Å². The number of fused-ring (bicyclic) bond motifs is 1. The molecule has 170 valence electrons. The van der Waals surface area contributed by atoms with E-state index in [1.807, 2.05) is 42.5 Å². The highest BCUT2D eigenvalue weighted by Gasteiger charge is 2.28. The Morgan fingerprint density at radius 3 is 2.59 bits per heavy atom. The normalized spacial score (nSPS) is 14.8. The van der Waals surface area contributed by atoms with Crippen molar-refractivity contribution in [2.75, 3.05) is 7.11 Å². The lowest BCUT2D eigenvalue weighted by molar-refractivity contribution is -0.104. The Labute approximate surface area is 197 Å². The number of benzene rings is 3. The third kappa shape index (κ3) is 4.05. The van der Waals surface area contributed by atoms with Gasteiger partial charge in [0.1, 0.15) is 12.0 Å². The number of aromatic nitrogens is 2. The van der Waals surface area contributed by atoms with Crippen molar-refractivity contribution in [2.45, 2.75) is 19.3 Å². The number of allylic oxidation sites excluding steroid dienone is 2. The Hall–Kier alpha value is -3.99. The van der Waals surface area contributed by atoms with Gasteiger partial charge in [-0.25, -0.2) is 0 Å². The van der Waals surface area contributed by atoms with E-state index in [1.165, 1.54) is 18.1 Å². The van der Waals surface area contributed by atoms with Crippen LogP contribution in [0, 0.1) is 11.9 Å². The zero-order valence-corrected chi connectivity index (χ0v) is 18.9. The average molecular weight is 453 g/mol. The molecule has 1 saturated carbocycles. The fourth-order valence-electron chi connectivity index (χ4n) is 4.66. The van der Waals surface area contributed by atoms with Crippen LogP contribution in [0.4, 0.5) is 4.39 Å². The Kier molecular flexibility index (Phi) is 6.09. The molecule has 0 aliphatic heterocycles. The fraction of sp³-hybridized carbons (Fsp3) is 0.172. The molecule has 0 bridgehead atoms. The summed E-state index contributed by atoms with van der Waals surface area (Å²) >= 11 is 0. The van der Waals surface area contributed by atoms with E-state index in [0.717, 1.165) is 47.0 Å². The fourth-order valence-corrected chi connectivity index (χ4v) is 4.66. The van der Waals surface area contributed by atoms with Gasteiger partial charge in [-0.2, -0.15) is 9.49 Å². The molecule has 34 heavy (non-hydrogen) atoms. The number of nitrogens with zero attached hydrogens (tertiary/aromatic N) is 1. The maximum Gasteiger partial charge on any atom is 0.216 e. The van der Waals surface area contributed by atoms with Crippen LogP contribution >= 0.6 is 0 Å². The van der Waals surface area contributed by atoms with Gasteiger partial charge in [-0.3, -0.25) is 9.89 Å². The van der Waals surface area contributed by atoms with Gasteiger partial charge in [0.25, 0.3) is 0 Å². The first-order chi connectivity index (χ1) is 16.7. The maximum atomic E-state index is 14.5. The van der Waals surface area contributed by atoms with E-state index in [9.17, 15) is 9.18 Å². The number of aromatic amines is 1. The van der Waals surface area contributed by atoms with Crippen molar-refractivity contribution in [1.29, 1.82) is 0 Å². The van der Waals surface area contributed by atoms with Gasteiger partial charge in [0.2, 0.25) is 5.95 Å². The zero-order chi connectivity index (χ0) is 23.5. The number of methoxy groups -OCH3 is 1. The van der Waals surface area contributed by atoms with Crippen molar-refractivity contribution < 1.29 is 13.9 Å². The second-order valence-corrected chi connectivity index (χ2v) is 8.51. The van der Waals surface area contributed by atoms with Crippen LogP contribution < -0.4 is 4.74 Å². The van der Waals surface area contributed by atoms with E-state index < -0.39 is 5.95 Å². The van der Waals surface area contributed by atoms with Crippen LogP contribution in [-0.2, 0) is 4.79 Å². The Balaban J connectivity index is 1.81. The quantitative estimate of drug-likeness (QED) is 0.193. The lowest BCUT2D eigenvalue weighted by atomic mass is 9.73. The number of nitrogens with one attached hydrogen (secondary N) is 1. The molecule has 5 rings (SSSR count). The minimum Gasteiger partial charge on any atom is -0.496 e. The second kappa shape index (κ2) is 9.48. The number of hydrogen-bond donors (Lipinski definition) is 1. The molecule has 1 aliphatic rings. The number of aldehydes is 1. The first kappa shape index (κ1) is 21.8. The van der Waals surface area contributed by atoms with Crippen LogP contribution in [0.1, 0.15) is 41.5 Å². The van der Waals surface area contributed by atoms with E-state index in [2.05, 4.69) is 34.5 Å². The summed E-state index contributed by atoms with van der Waals surface area (Å²) in [6.07, 6.45) is 7.38. The molecule has 0 atom stereocenters. The highest BCUT2D eigenvalue weighted by molar-refractivity contribution is 6.02. The molecular formula is C29H25FN2O2. The van der Waals surface area contributed by atoms with E-state index in [1.54, 1.807) is 13.2 Å². The molecule has 0 saturated heterocycles. The van der Waals surface area contributed by atoms with E-state index in [0.29, 0.717) is 22.6 Å². The Morgan fingerprint density at radius 2 is 1.88 bits per heavy atom. The van der Waals surface area contributed by atoms with E-state index >= 15 is 0 Å². The molecule has 5 heteroatoms. The Morgan fingerprint density at radius 1 is 1.06 bits per heavy atom. The van der Waals surface area contributed by atoms with E-state index in [-0.39, 0.29) is 0 Å². The summed E-state index contributed by atoms with van der Waals surface area (Å²) in [7, 11) is 1.65. The molecule has 0 spiro atoms. The lowest BCUT2D eigenvalue weighted by Crippen LogP contribution is -2.15. The third-order valence-corrected chi connectivity index (χ3v) is 6.53. The molecule has 3 aromatic carbocycles. The van der Waals surface area contributed by atoms with Crippen molar-refractivity contribution in [1.82, 2.24) is 10.2 Å². The molecular weight excluding hydrogens is 427 g/mol. The lowest BCUT2D eigenvalue weighted by Gasteiger charge is -2.32. The molecule has 0 radical (unpaired) electrons. The topological polar surface area (TPSA) is 55.0 Å². The van der Waals surface area contributed by atoms with Gasteiger partial charge in [0.15, 0.2) is 0 Å². The number of rotatable bonds is 7. The SMILES string of the molecule is COc1cc(/C=C/C=O)ccc1/C(=C(\c1ccccc1)C1CCC1)c1ccc2n[nH]c(F)c2c1. The molecule has 1 fully saturated rings. The highest BCUT2D eigenvalue weighted by Crippen LogP contribution is 2.47. The van der Waals surface area contributed by atoms with Crippen molar-refractivity contribution in [3.05, 3.63) is 101 Å². The summed E-state index contributed by atoms with van der Waals surface area (Å²) in [5, 5.41) is 6.96. The predicted octanol–water partition coefficient (Wildman–Crippen LogP) is 6.68. The van der Waals surface area contributed by atoms with Crippen LogP contribution in [0.3, 0.4) is 0 Å². The number of carbonyl (C=O) groups excluding carboxylic acids is 1. The van der Waals surface area contributed by atoms with Crippen molar-refractivity contribution in [3.63, 3.8) is 0 Å². The molecule has 0 amide bonds. The number of halogens is 1. The second-order valence-electron chi connectivity index (χ2n) is 8.51. The summed E-state index contributed by atoms with van der Waals surface area (Å²) in [6.45, 7) is 0. The third-order valence-electron chi connectivity index (χ3n) is 6.53. The predicted molar refractivity (Wildman–Crippen MR) is 134 cm³/mol. The summed E-state index contributed by atoms with van der Waals surface area (Å²) < 4.78 is 20.3. The summed E-state index contributed by atoms with van der Waals surface area (Å²) in [5.74, 6) is 0.660. The zero-order valence-electron chi connectivity index (χ0n) is 18.9. The number of carbonyl (C=O) groups is 1. The molecule has 4 nitrogen and oxygen atoms in total. The minimum absolute atomic E-state index is 0.404. The molecule has 1 N–H and O–H groups in total. The monoisotopic (exact) mass is 452 g/mol. The van der Waals surface area contributed by atoms with Crippen molar-refractivity contribution in [3.8, 4) is 5.75 Å². The van der Waals surface area contributed by atoms with Gasteiger partial charge < -0.3 is 4.74 Å². The first-order valence-corrected chi connectivity index (χ1v) is 11.4. The van der Waals surface area contributed by atoms with Gasteiger partial charge in [-0.15, -0.1) is 0 Å². The average Bonchev–Trinajstić information content (AvgIpc) is 3.22. The standard InChI is InChI=1S/C29H25FN2O2/c1-34-26-17-19(7-6-16-33)12-14-23(26)28(22-13-15-25-24(18-22)29(30)32-31-25)27(21-10-5-11-21)20-8-3-2-4-9-20/h2-4,6-9,12-18,21H,5,10-11H2,1H3,(H,31,32)/b7-6+,28-27+. The molecule has 4 aromatic rings. The number of ether oxygens (including phenoxy) is 1. The number of hydrogen-bond acceptors (Lipinski definition) is 3. The van der Waals surface area contributed by atoms with Crippen LogP contribution in [0.15, 0.2) is 72.8 Å². The minimum atomic E-state index is -0.442. The summed E-state index contributed by atoms with van der Waals surface area (Å²) in [6, 6.07) is 22.0. The van der Waals surface area contributed by atoms with Gasteiger partial charge in [0.05, 0.1) is 18.0 Å². The van der Waals surface area contributed by atoms with Crippen LogP contribution in [0.2, 0.25) is 0 Å². The molecule has 1 aliphatic carbocycles. The maximum absolute atomic E-state index is 14.5. The van der Waals surface area contributed by atoms with Crippen molar-refractivity contribution >= 4 is 34.4 Å². The van der Waals surface area contributed by atoms with Crippen molar-refractivity contribution in [2.24, 2.45) is 5.92 Å². The number of H-pyrrole nitrogens is 1. The summed E-state index contributed by atoms with van der Waals surface area (Å²) in [5.41, 5.74) is 6.72. The first-order valence-electron chi connectivity index (χ1n) is 11.4. The van der Waals surface area contributed by atoms with Gasteiger partial charge in [0, 0.05) is 5.56 Å². The van der Waals surface area contributed by atoms with E-state index in [4.69, 9.17) is 4.74 Å². The van der Waals surface area contributed by atoms with Crippen LogP contribution in [0.5, 0.6) is 5.75 Å².